The lowest BCUT2D eigenvalue weighted by Crippen LogP contribution is -2.53. The first-order valence-electron chi connectivity index (χ1n) is 7.58. The lowest BCUT2D eigenvalue weighted by atomic mass is 10.0. The smallest absolute Gasteiger partial charge is 0.133 e. The summed E-state index contributed by atoms with van der Waals surface area (Å²) in [6.07, 6.45) is 1.18. The van der Waals surface area contributed by atoms with E-state index in [0.717, 1.165) is 29.9 Å². The van der Waals surface area contributed by atoms with Gasteiger partial charge in [0.15, 0.2) is 0 Å². The van der Waals surface area contributed by atoms with Crippen molar-refractivity contribution >= 4 is 15.9 Å². The number of piperazine rings is 1. The number of nitrogens with zero attached hydrogens (tertiary/aromatic N) is 2. The second-order valence-corrected chi connectivity index (χ2v) is 6.54. The summed E-state index contributed by atoms with van der Waals surface area (Å²) >= 11 is 3.57. The van der Waals surface area contributed by atoms with Crippen LogP contribution in [0.5, 0.6) is 5.75 Å². The summed E-state index contributed by atoms with van der Waals surface area (Å²) < 4.78 is 6.30. The Labute approximate surface area is 136 Å². The Morgan fingerprint density at radius 1 is 1.43 bits per heavy atom. The highest BCUT2D eigenvalue weighted by atomic mass is 79.9. The first kappa shape index (κ1) is 16.7. The van der Waals surface area contributed by atoms with Gasteiger partial charge < -0.3 is 15.4 Å². The minimum Gasteiger partial charge on any atom is -0.496 e. The van der Waals surface area contributed by atoms with Crippen molar-refractivity contribution in [2.45, 2.75) is 25.4 Å². The van der Waals surface area contributed by atoms with Gasteiger partial charge >= 0.3 is 0 Å². The molecule has 0 saturated carbocycles. The van der Waals surface area contributed by atoms with Crippen molar-refractivity contribution in [1.29, 1.82) is 0 Å². The maximum absolute atomic E-state index is 6.08. The lowest BCUT2D eigenvalue weighted by Gasteiger charge is -2.42. The maximum Gasteiger partial charge on any atom is 0.133 e. The number of rotatable bonds is 5. The van der Waals surface area contributed by atoms with Crippen LogP contribution >= 0.6 is 15.9 Å². The van der Waals surface area contributed by atoms with Gasteiger partial charge in [0.1, 0.15) is 5.75 Å². The molecule has 0 amide bonds. The molecule has 1 aliphatic rings. The van der Waals surface area contributed by atoms with Gasteiger partial charge in [-0.05, 0) is 47.1 Å². The molecule has 1 aromatic carbocycles. The van der Waals surface area contributed by atoms with Crippen molar-refractivity contribution in [3.8, 4) is 5.75 Å². The zero-order chi connectivity index (χ0) is 15.4. The van der Waals surface area contributed by atoms with Crippen LogP contribution in [0.2, 0.25) is 0 Å². The fourth-order valence-corrected chi connectivity index (χ4v) is 3.64. The highest BCUT2D eigenvalue weighted by molar-refractivity contribution is 9.10. The second-order valence-electron chi connectivity index (χ2n) is 5.68. The van der Waals surface area contributed by atoms with Gasteiger partial charge in [-0.1, -0.05) is 13.0 Å². The average Bonchev–Trinajstić information content (AvgIpc) is 2.49. The van der Waals surface area contributed by atoms with Gasteiger partial charge in [-0.2, -0.15) is 0 Å². The van der Waals surface area contributed by atoms with E-state index >= 15 is 0 Å². The van der Waals surface area contributed by atoms with Gasteiger partial charge in [-0.25, -0.2) is 0 Å². The van der Waals surface area contributed by atoms with Crippen LogP contribution in [0.4, 0.5) is 0 Å². The molecule has 1 fully saturated rings. The van der Waals surface area contributed by atoms with Crippen LogP contribution in [0.3, 0.4) is 0 Å². The molecular formula is C16H26BrN3O. The highest BCUT2D eigenvalue weighted by Crippen LogP contribution is 2.31. The third-order valence-electron chi connectivity index (χ3n) is 4.50. The summed E-state index contributed by atoms with van der Waals surface area (Å²) in [5, 5.41) is 0. The van der Waals surface area contributed by atoms with Gasteiger partial charge in [-0.3, -0.25) is 4.90 Å². The first-order chi connectivity index (χ1) is 10.1. The normalized spacial score (nSPS) is 22.2. The zero-order valence-electron chi connectivity index (χ0n) is 13.2. The van der Waals surface area contributed by atoms with Gasteiger partial charge in [0, 0.05) is 38.3 Å². The molecule has 1 saturated heterocycles. The Bertz CT molecular complexity index is 469. The van der Waals surface area contributed by atoms with Crippen LogP contribution in [0.25, 0.3) is 0 Å². The molecule has 0 bridgehead atoms. The molecule has 118 valence electrons. The van der Waals surface area contributed by atoms with Crippen LogP contribution in [0.1, 0.15) is 24.9 Å². The highest BCUT2D eigenvalue weighted by Gasteiger charge is 2.28. The summed E-state index contributed by atoms with van der Waals surface area (Å²) in [5.41, 5.74) is 7.33. The second kappa shape index (κ2) is 7.58. The first-order valence-corrected chi connectivity index (χ1v) is 8.37. The molecule has 0 spiro atoms. The molecule has 1 aliphatic heterocycles. The summed E-state index contributed by atoms with van der Waals surface area (Å²) in [6.45, 7) is 6.15. The van der Waals surface area contributed by atoms with Crippen molar-refractivity contribution < 1.29 is 4.74 Å². The predicted octanol–water partition coefficient (Wildman–Crippen LogP) is 2.48. The molecule has 1 aromatic rings. The fraction of sp³-hybridized carbons (Fsp3) is 0.625. The minimum atomic E-state index is 0.273. The molecule has 0 radical (unpaired) electrons. The number of methoxy groups -OCH3 is 1. The van der Waals surface area contributed by atoms with E-state index < -0.39 is 0 Å². The van der Waals surface area contributed by atoms with Crippen molar-refractivity contribution in [3.05, 3.63) is 28.2 Å². The molecule has 0 aliphatic carbocycles. The summed E-state index contributed by atoms with van der Waals surface area (Å²) in [6, 6.07) is 7.16. The molecular weight excluding hydrogens is 330 g/mol. The summed E-state index contributed by atoms with van der Waals surface area (Å²) in [4.78, 5) is 4.97. The zero-order valence-corrected chi connectivity index (χ0v) is 14.8. The SMILES string of the molecule is CCC1CN(C(CN)c2ccc(OC)c(Br)c2)CCN1C. The van der Waals surface area contributed by atoms with Crippen LogP contribution < -0.4 is 10.5 Å². The number of halogens is 1. The Hall–Kier alpha value is -0.620. The topological polar surface area (TPSA) is 41.7 Å². The summed E-state index contributed by atoms with van der Waals surface area (Å²) in [5.74, 6) is 0.860. The monoisotopic (exact) mass is 355 g/mol. The fourth-order valence-electron chi connectivity index (χ4n) is 3.08. The Morgan fingerprint density at radius 3 is 2.76 bits per heavy atom. The van der Waals surface area contributed by atoms with Crippen molar-refractivity contribution in [3.63, 3.8) is 0 Å². The standard InChI is InChI=1S/C16H26BrN3O/c1-4-13-11-20(8-7-19(13)2)15(10-18)12-5-6-16(21-3)14(17)9-12/h5-6,9,13,15H,4,7-8,10-11,18H2,1-3H3. The van der Waals surface area contributed by atoms with Crippen LogP contribution in [0, 0.1) is 0 Å². The van der Waals surface area contributed by atoms with E-state index in [9.17, 15) is 0 Å². The molecule has 2 rings (SSSR count). The van der Waals surface area contributed by atoms with E-state index in [2.05, 4.69) is 51.8 Å². The molecule has 1 heterocycles. The Balaban J connectivity index is 2.17. The predicted molar refractivity (Wildman–Crippen MR) is 90.8 cm³/mol. The molecule has 2 N–H and O–H groups in total. The quantitative estimate of drug-likeness (QED) is 0.880. The van der Waals surface area contributed by atoms with E-state index in [1.165, 1.54) is 12.0 Å². The van der Waals surface area contributed by atoms with E-state index in [1.54, 1.807) is 7.11 Å². The van der Waals surface area contributed by atoms with Crippen molar-refractivity contribution in [2.75, 3.05) is 40.3 Å². The molecule has 4 nitrogen and oxygen atoms in total. The Kier molecular flexibility index (Phi) is 6.05. The third-order valence-corrected chi connectivity index (χ3v) is 5.12. The molecule has 2 unspecified atom stereocenters. The van der Waals surface area contributed by atoms with Crippen LogP contribution in [-0.2, 0) is 0 Å². The molecule has 0 aromatic heterocycles. The number of ether oxygens (including phenoxy) is 1. The maximum atomic E-state index is 6.08. The van der Waals surface area contributed by atoms with Gasteiger partial charge in [-0.15, -0.1) is 0 Å². The number of hydrogen-bond acceptors (Lipinski definition) is 4. The lowest BCUT2D eigenvalue weighted by molar-refractivity contribution is 0.0643. The van der Waals surface area contributed by atoms with E-state index in [1.807, 2.05) is 6.07 Å². The van der Waals surface area contributed by atoms with Crippen molar-refractivity contribution in [2.24, 2.45) is 5.73 Å². The van der Waals surface area contributed by atoms with E-state index in [0.29, 0.717) is 12.6 Å². The van der Waals surface area contributed by atoms with E-state index in [-0.39, 0.29) is 6.04 Å². The minimum absolute atomic E-state index is 0.273. The number of likely N-dealkylation sites (N-methyl/N-ethyl adjacent to an activating group) is 1. The van der Waals surface area contributed by atoms with Gasteiger partial charge in [0.25, 0.3) is 0 Å². The molecule has 2 atom stereocenters. The largest absolute Gasteiger partial charge is 0.496 e. The third kappa shape index (κ3) is 3.77. The van der Waals surface area contributed by atoms with E-state index in [4.69, 9.17) is 10.5 Å². The summed E-state index contributed by atoms with van der Waals surface area (Å²) in [7, 11) is 3.90. The van der Waals surface area contributed by atoms with Crippen LogP contribution in [-0.4, -0.2) is 56.2 Å². The Morgan fingerprint density at radius 2 is 2.19 bits per heavy atom. The molecule has 21 heavy (non-hydrogen) atoms. The van der Waals surface area contributed by atoms with Crippen molar-refractivity contribution in [1.82, 2.24) is 9.80 Å². The number of benzene rings is 1. The van der Waals surface area contributed by atoms with Crippen LogP contribution in [0.15, 0.2) is 22.7 Å². The van der Waals surface area contributed by atoms with Gasteiger partial charge in [0.2, 0.25) is 0 Å². The average molecular weight is 356 g/mol. The molecule has 5 heteroatoms. The number of nitrogens with two attached hydrogens (primary N) is 1. The number of hydrogen-bond donors (Lipinski definition) is 1. The van der Waals surface area contributed by atoms with Gasteiger partial charge in [0.05, 0.1) is 11.6 Å².